The van der Waals surface area contributed by atoms with E-state index in [4.69, 9.17) is 19.3 Å². The van der Waals surface area contributed by atoms with Gasteiger partial charge in [0, 0.05) is 13.0 Å². The van der Waals surface area contributed by atoms with Crippen molar-refractivity contribution in [1.29, 1.82) is 0 Å². The molecule has 1 unspecified atom stereocenters. The molecule has 7 nitrogen and oxygen atoms in total. The molecule has 1 aliphatic heterocycles. The Morgan fingerprint density at radius 3 is 2.47 bits per heavy atom. The van der Waals surface area contributed by atoms with Gasteiger partial charge in [-0.1, -0.05) is 6.08 Å². The van der Waals surface area contributed by atoms with Crippen LogP contribution in [0.3, 0.4) is 0 Å². The largest absolute Gasteiger partial charge is 0.394 e. The first-order valence-electron chi connectivity index (χ1n) is 6.23. The molecule has 0 radical (unpaired) electrons. The summed E-state index contributed by atoms with van der Waals surface area (Å²) in [5.74, 6) is 0. The van der Waals surface area contributed by atoms with Gasteiger partial charge in [0.1, 0.15) is 24.4 Å². The zero-order valence-corrected chi connectivity index (χ0v) is 10.9. The summed E-state index contributed by atoms with van der Waals surface area (Å²) >= 11 is 0. The summed E-state index contributed by atoms with van der Waals surface area (Å²) in [5, 5.41) is 38.1. The minimum Gasteiger partial charge on any atom is -0.394 e. The number of hydrogen-bond donors (Lipinski definition) is 4. The number of rotatable bonds is 7. The van der Waals surface area contributed by atoms with E-state index in [1.54, 1.807) is 13.0 Å². The Labute approximate surface area is 112 Å². The summed E-state index contributed by atoms with van der Waals surface area (Å²) in [6, 6.07) is 0. The third-order valence-corrected chi connectivity index (χ3v) is 2.85. The van der Waals surface area contributed by atoms with Gasteiger partial charge in [-0.15, -0.1) is 6.58 Å². The quantitative estimate of drug-likeness (QED) is 0.340. The van der Waals surface area contributed by atoms with Crippen LogP contribution in [0.15, 0.2) is 12.7 Å². The second kappa shape index (κ2) is 7.91. The molecular formula is C12H22O7. The standard InChI is InChI=1S/C12H22O7/c1-3-5-8(17-4-2)19-12-11(16)10(15)9(14)7(6-13)18-12/h3,7-16H,1,4-6H2,2H3/t7-,8?,9-,10+,11-,12+/m1/s1. The van der Waals surface area contributed by atoms with Crippen molar-refractivity contribution < 1.29 is 34.6 Å². The van der Waals surface area contributed by atoms with Gasteiger partial charge in [-0.3, -0.25) is 0 Å². The van der Waals surface area contributed by atoms with Crippen molar-refractivity contribution >= 4 is 0 Å². The second-order valence-corrected chi connectivity index (χ2v) is 4.24. The van der Waals surface area contributed by atoms with Crippen molar-refractivity contribution in [2.75, 3.05) is 13.2 Å². The average Bonchev–Trinajstić information content (AvgIpc) is 2.40. The fourth-order valence-electron chi connectivity index (χ4n) is 1.81. The Hall–Kier alpha value is -0.540. The van der Waals surface area contributed by atoms with Gasteiger partial charge >= 0.3 is 0 Å². The molecule has 1 aliphatic rings. The van der Waals surface area contributed by atoms with E-state index in [1.807, 2.05) is 0 Å². The summed E-state index contributed by atoms with van der Waals surface area (Å²) in [6.45, 7) is 5.25. The van der Waals surface area contributed by atoms with Crippen molar-refractivity contribution in [3.8, 4) is 0 Å². The van der Waals surface area contributed by atoms with Crippen LogP contribution in [0.4, 0.5) is 0 Å². The van der Waals surface area contributed by atoms with E-state index in [0.29, 0.717) is 13.0 Å². The number of aliphatic hydroxyl groups excluding tert-OH is 4. The maximum atomic E-state index is 9.78. The molecule has 1 heterocycles. The van der Waals surface area contributed by atoms with Crippen LogP contribution in [-0.2, 0) is 14.2 Å². The molecule has 0 aromatic heterocycles. The number of aliphatic hydroxyl groups is 4. The Morgan fingerprint density at radius 1 is 1.26 bits per heavy atom. The van der Waals surface area contributed by atoms with Crippen LogP contribution in [0.5, 0.6) is 0 Å². The number of hydrogen-bond acceptors (Lipinski definition) is 7. The average molecular weight is 278 g/mol. The molecule has 0 aromatic rings. The lowest BCUT2D eigenvalue weighted by Gasteiger charge is -2.40. The highest BCUT2D eigenvalue weighted by atomic mass is 16.8. The Balaban J connectivity index is 2.66. The highest BCUT2D eigenvalue weighted by Gasteiger charge is 2.44. The third kappa shape index (κ3) is 4.22. The molecule has 0 saturated carbocycles. The van der Waals surface area contributed by atoms with Crippen LogP contribution >= 0.6 is 0 Å². The molecule has 1 rings (SSSR count). The lowest BCUT2D eigenvalue weighted by Crippen LogP contribution is -2.59. The normalized spacial score (nSPS) is 37.0. The molecule has 0 aromatic carbocycles. The zero-order valence-electron chi connectivity index (χ0n) is 10.9. The second-order valence-electron chi connectivity index (χ2n) is 4.24. The molecule has 0 spiro atoms. The molecule has 0 amide bonds. The van der Waals surface area contributed by atoms with E-state index < -0.39 is 43.6 Å². The van der Waals surface area contributed by atoms with Gasteiger partial charge in [0.15, 0.2) is 12.6 Å². The fraction of sp³-hybridized carbons (Fsp3) is 0.833. The summed E-state index contributed by atoms with van der Waals surface area (Å²) < 4.78 is 15.9. The molecule has 1 saturated heterocycles. The summed E-state index contributed by atoms with van der Waals surface area (Å²) in [4.78, 5) is 0. The SMILES string of the molecule is C=CCC(OCC)O[C@@H]1O[C@H](CO)[C@@H](O)[C@H](O)[C@H]1O. The van der Waals surface area contributed by atoms with Crippen LogP contribution in [0.2, 0.25) is 0 Å². The van der Waals surface area contributed by atoms with E-state index in [0.717, 1.165) is 0 Å². The Bertz CT molecular complexity index is 271. The molecule has 0 bridgehead atoms. The van der Waals surface area contributed by atoms with Gasteiger partial charge in [0.2, 0.25) is 0 Å². The minimum absolute atomic E-state index is 0.378. The summed E-state index contributed by atoms with van der Waals surface area (Å²) in [6.07, 6.45) is -5.17. The Kier molecular flexibility index (Phi) is 6.87. The zero-order chi connectivity index (χ0) is 14.4. The highest BCUT2D eigenvalue weighted by molar-refractivity contribution is 4.89. The Morgan fingerprint density at radius 2 is 1.95 bits per heavy atom. The molecule has 19 heavy (non-hydrogen) atoms. The first-order valence-corrected chi connectivity index (χ1v) is 6.23. The van der Waals surface area contributed by atoms with Gasteiger partial charge < -0.3 is 34.6 Å². The van der Waals surface area contributed by atoms with Crippen molar-refractivity contribution in [2.45, 2.75) is 50.3 Å². The molecular weight excluding hydrogens is 256 g/mol. The van der Waals surface area contributed by atoms with E-state index in [-0.39, 0.29) is 0 Å². The van der Waals surface area contributed by atoms with Crippen molar-refractivity contribution in [2.24, 2.45) is 0 Å². The topological polar surface area (TPSA) is 109 Å². The van der Waals surface area contributed by atoms with Crippen molar-refractivity contribution in [3.05, 3.63) is 12.7 Å². The molecule has 0 aliphatic carbocycles. The first-order chi connectivity index (χ1) is 9.04. The maximum absolute atomic E-state index is 9.78. The van der Waals surface area contributed by atoms with E-state index in [1.165, 1.54) is 0 Å². The third-order valence-electron chi connectivity index (χ3n) is 2.85. The van der Waals surface area contributed by atoms with E-state index in [9.17, 15) is 15.3 Å². The smallest absolute Gasteiger partial charge is 0.189 e. The fourth-order valence-corrected chi connectivity index (χ4v) is 1.81. The van der Waals surface area contributed by atoms with Gasteiger partial charge in [0.05, 0.1) is 6.61 Å². The van der Waals surface area contributed by atoms with Crippen LogP contribution in [0.1, 0.15) is 13.3 Å². The minimum atomic E-state index is -1.46. The summed E-state index contributed by atoms with van der Waals surface area (Å²) in [7, 11) is 0. The van der Waals surface area contributed by atoms with E-state index in [2.05, 4.69) is 6.58 Å². The van der Waals surface area contributed by atoms with Crippen LogP contribution in [-0.4, -0.2) is 70.6 Å². The van der Waals surface area contributed by atoms with Gasteiger partial charge in [0.25, 0.3) is 0 Å². The predicted molar refractivity (Wildman–Crippen MR) is 65.1 cm³/mol. The highest BCUT2D eigenvalue weighted by Crippen LogP contribution is 2.23. The van der Waals surface area contributed by atoms with Crippen LogP contribution < -0.4 is 0 Å². The van der Waals surface area contributed by atoms with Crippen molar-refractivity contribution in [3.63, 3.8) is 0 Å². The maximum Gasteiger partial charge on any atom is 0.189 e. The number of ether oxygens (including phenoxy) is 3. The van der Waals surface area contributed by atoms with Crippen LogP contribution in [0.25, 0.3) is 0 Å². The van der Waals surface area contributed by atoms with Gasteiger partial charge in [-0.2, -0.15) is 0 Å². The van der Waals surface area contributed by atoms with Gasteiger partial charge in [-0.05, 0) is 6.92 Å². The first kappa shape index (κ1) is 16.5. The monoisotopic (exact) mass is 278 g/mol. The summed E-state index contributed by atoms with van der Waals surface area (Å²) in [5.41, 5.74) is 0. The van der Waals surface area contributed by atoms with Crippen molar-refractivity contribution in [1.82, 2.24) is 0 Å². The molecule has 6 atom stereocenters. The lowest BCUT2D eigenvalue weighted by atomic mass is 9.99. The lowest BCUT2D eigenvalue weighted by molar-refractivity contribution is -0.336. The van der Waals surface area contributed by atoms with Gasteiger partial charge in [-0.25, -0.2) is 0 Å². The molecule has 1 fully saturated rings. The molecule has 7 heteroatoms. The molecule has 4 N–H and O–H groups in total. The predicted octanol–water partition coefficient (Wildman–Crippen LogP) is -1.26. The van der Waals surface area contributed by atoms with Crippen LogP contribution in [0, 0.1) is 0 Å². The molecule has 112 valence electrons. The van der Waals surface area contributed by atoms with E-state index >= 15 is 0 Å².